The Kier molecular flexibility index (Phi) is 11.4. The predicted molar refractivity (Wildman–Crippen MR) is 140 cm³/mol. The van der Waals surface area contributed by atoms with Crippen LogP contribution in [0.25, 0.3) is 0 Å². The van der Waals surface area contributed by atoms with Gasteiger partial charge in [-0.2, -0.15) is 9.29 Å². The number of phosphoric acid groups is 3. The van der Waals surface area contributed by atoms with Crippen molar-refractivity contribution in [2.45, 2.75) is 30.6 Å². The highest BCUT2D eigenvalue weighted by Gasteiger charge is 2.39. The van der Waals surface area contributed by atoms with Gasteiger partial charge in [-0.3, -0.25) is 13.9 Å². The molecule has 3 unspecified atom stereocenters. The molecule has 0 aliphatic carbocycles. The lowest BCUT2D eigenvalue weighted by Gasteiger charge is -2.26. The number of nitrogens with one attached hydrogen (secondary N) is 1. The first-order chi connectivity index (χ1) is 18.6. The van der Waals surface area contributed by atoms with Gasteiger partial charge in [0.25, 0.3) is 13.7 Å². The zero-order chi connectivity index (χ0) is 29.7. The Bertz CT molecular complexity index is 1420. The van der Waals surface area contributed by atoms with Crippen LogP contribution in [0.5, 0.6) is 0 Å². The molecule has 17 nitrogen and oxygen atoms in total. The van der Waals surface area contributed by atoms with Gasteiger partial charge >= 0.3 is 21.3 Å². The fourth-order valence-corrected chi connectivity index (χ4v) is 7.60. The number of hydrogen-bond donors (Lipinski definition) is 5. The Morgan fingerprint density at radius 2 is 1.93 bits per heavy atom. The highest BCUT2D eigenvalue weighted by molar-refractivity contribution is 8.76. The summed E-state index contributed by atoms with van der Waals surface area (Å²) in [4.78, 5) is 67.2. The van der Waals surface area contributed by atoms with E-state index in [2.05, 4.69) is 23.4 Å². The number of aliphatic hydroxyl groups excluding tert-OH is 1. The van der Waals surface area contributed by atoms with E-state index < -0.39 is 60.1 Å². The van der Waals surface area contributed by atoms with Gasteiger partial charge in [0.05, 0.1) is 12.7 Å². The van der Waals surface area contributed by atoms with E-state index >= 15 is 0 Å². The standard InChI is InChI=1S/C18H24N3O14P3S2/c1-39-40-10-11-4-2-3-5-12(11)17(23)19-15-6-7-21(18(24)20-15)16-8-13(22)14(33-16)9-32-37(28,29)35-38(30,31)34-36(25,26)27/h2-7,13-14,16,22H,8-10H2,1H3,(H,28,29)(H,30,31)(H2,25,26,27)(H,19,20,23,24)/p-1/t13?,14-,16-/m1/s1. The molecule has 1 fully saturated rings. The molecule has 222 valence electrons. The number of amides is 1. The first-order valence-electron chi connectivity index (χ1n) is 10.8. The second-order valence-corrected chi connectivity index (χ2v) is 14.8. The molecule has 1 aromatic carbocycles. The second-order valence-electron chi connectivity index (χ2n) is 7.84. The van der Waals surface area contributed by atoms with Gasteiger partial charge in [0, 0.05) is 23.9 Å². The number of hydrogen-bond acceptors (Lipinski definition) is 14. The summed E-state index contributed by atoms with van der Waals surface area (Å²) in [5, 5.41) is 12.8. The maximum Gasteiger partial charge on any atom is 0.487 e. The average molecular weight is 662 g/mol. The number of rotatable bonds is 13. The number of anilines is 1. The van der Waals surface area contributed by atoms with E-state index in [1.807, 2.05) is 12.3 Å². The maximum atomic E-state index is 12.8. The van der Waals surface area contributed by atoms with Crippen LogP contribution in [0.4, 0.5) is 5.82 Å². The van der Waals surface area contributed by atoms with Gasteiger partial charge in [-0.05, 0) is 24.0 Å². The Hall–Kier alpha value is -1.40. The monoisotopic (exact) mass is 662 g/mol. The van der Waals surface area contributed by atoms with Crippen LogP contribution >= 0.6 is 45.1 Å². The molecule has 2 heterocycles. The van der Waals surface area contributed by atoms with Gasteiger partial charge in [0.1, 0.15) is 18.1 Å². The molecule has 5 atom stereocenters. The van der Waals surface area contributed by atoms with Crippen LogP contribution in [0.15, 0.2) is 41.3 Å². The van der Waals surface area contributed by atoms with Crippen molar-refractivity contribution in [3.63, 3.8) is 0 Å². The van der Waals surface area contributed by atoms with E-state index in [0.717, 1.165) is 10.1 Å². The lowest BCUT2D eigenvalue weighted by Crippen LogP contribution is -2.29. The minimum Gasteiger partial charge on any atom is -0.756 e. The van der Waals surface area contributed by atoms with Crippen molar-refractivity contribution in [3.8, 4) is 0 Å². The summed E-state index contributed by atoms with van der Waals surface area (Å²) in [6.45, 7) is -0.959. The molecule has 1 saturated heterocycles. The number of carbonyl (C=O) groups is 1. The largest absolute Gasteiger partial charge is 0.756 e. The van der Waals surface area contributed by atoms with Crippen LogP contribution in [0.2, 0.25) is 0 Å². The quantitative estimate of drug-likeness (QED) is 0.150. The number of benzene rings is 1. The van der Waals surface area contributed by atoms with Gasteiger partial charge < -0.3 is 39.3 Å². The van der Waals surface area contributed by atoms with E-state index in [1.165, 1.54) is 12.3 Å². The minimum absolute atomic E-state index is 0.0487. The Labute approximate surface area is 234 Å². The summed E-state index contributed by atoms with van der Waals surface area (Å²) >= 11 is 0. The Morgan fingerprint density at radius 1 is 1.23 bits per heavy atom. The van der Waals surface area contributed by atoms with Crippen molar-refractivity contribution < 1.29 is 61.1 Å². The number of aromatic nitrogens is 2. The van der Waals surface area contributed by atoms with Crippen molar-refractivity contribution in [3.05, 3.63) is 58.1 Å². The molecule has 40 heavy (non-hydrogen) atoms. The summed E-state index contributed by atoms with van der Waals surface area (Å²) in [6.07, 6.45) is -0.949. The van der Waals surface area contributed by atoms with E-state index in [1.54, 1.807) is 39.8 Å². The molecule has 0 spiro atoms. The summed E-state index contributed by atoms with van der Waals surface area (Å²) in [5.74, 6) is 0.0578. The minimum atomic E-state index is -5.77. The average Bonchev–Trinajstić information content (AvgIpc) is 3.19. The SMILES string of the molecule is CSSCc1ccccc1C(=O)Nc1ccn([C@H]2CC(O)[C@@H](COP(=O)([O-])OP(=O)(O)OP(=O)(O)O)O2)c(=O)n1. The molecule has 0 bridgehead atoms. The smallest absolute Gasteiger partial charge is 0.487 e. The summed E-state index contributed by atoms with van der Waals surface area (Å²) in [7, 11) is -13.9. The fraction of sp³-hybridized carbons (Fsp3) is 0.389. The summed E-state index contributed by atoms with van der Waals surface area (Å²) in [6, 6.07) is 8.27. The number of aliphatic hydroxyl groups is 1. The van der Waals surface area contributed by atoms with Crippen molar-refractivity contribution in [2.24, 2.45) is 0 Å². The van der Waals surface area contributed by atoms with Crippen LogP contribution in [-0.4, -0.2) is 60.3 Å². The van der Waals surface area contributed by atoms with E-state index in [4.69, 9.17) is 19.4 Å². The predicted octanol–water partition coefficient (Wildman–Crippen LogP) is 1.37. The molecule has 1 aromatic heterocycles. The van der Waals surface area contributed by atoms with Crippen molar-refractivity contribution in [1.29, 1.82) is 0 Å². The lowest BCUT2D eigenvalue weighted by molar-refractivity contribution is -0.221. The van der Waals surface area contributed by atoms with Gasteiger partial charge in [-0.15, -0.1) is 0 Å². The fourth-order valence-electron chi connectivity index (χ4n) is 3.38. The lowest BCUT2D eigenvalue weighted by atomic mass is 10.1. The normalized spacial score (nSPS) is 22.4. The third-order valence-corrected chi connectivity index (χ3v) is 10.5. The third kappa shape index (κ3) is 9.86. The van der Waals surface area contributed by atoms with Crippen LogP contribution in [0, 0.1) is 0 Å². The summed E-state index contributed by atoms with van der Waals surface area (Å²) in [5.41, 5.74) is 0.334. The Morgan fingerprint density at radius 3 is 2.58 bits per heavy atom. The number of nitrogens with zero attached hydrogens (tertiary/aromatic N) is 2. The molecule has 1 amide bonds. The zero-order valence-corrected chi connectivity index (χ0v) is 24.6. The highest BCUT2D eigenvalue weighted by Crippen LogP contribution is 2.65. The molecule has 0 radical (unpaired) electrons. The summed E-state index contributed by atoms with van der Waals surface area (Å²) < 4.78 is 51.7. The molecule has 5 N–H and O–H groups in total. The van der Waals surface area contributed by atoms with Gasteiger partial charge in [0.15, 0.2) is 0 Å². The van der Waals surface area contributed by atoms with Crippen LogP contribution in [0.1, 0.15) is 28.6 Å². The molecule has 1 aliphatic rings. The van der Waals surface area contributed by atoms with Gasteiger partial charge in [-0.25, -0.2) is 18.2 Å². The Balaban J connectivity index is 1.62. The number of phosphoric ester groups is 1. The molecule has 3 rings (SSSR count). The van der Waals surface area contributed by atoms with Crippen LogP contribution < -0.4 is 15.9 Å². The highest BCUT2D eigenvalue weighted by atomic mass is 33.1. The van der Waals surface area contributed by atoms with Gasteiger partial charge in [-0.1, -0.05) is 39.8 Å². The van der Waals surface area contributed by atoms with Crippen molar-refractivity contribution in [1.82, 2.24) is 9.55 Å². The van der Waals surface area contributed by atoms with E-state index in [-0.39, 0.29) is 12.2 Å². The number of carbonyl (C=O) groups excluding carboxylic acids is 1. The molecule has 0 saturated carbocycles. The number of ether oxygens (including phenoxy) is 1. The first-order valence-corrected chi connectivity index (χ1v) is 18.0. The zero-order valence-electron chi connectivity index (χ0n) is 20.2. The molecular formula is C18H23N3O14P3S2-. The van der Waals surface area contributed by atoms with Crippen LogP contribution in [-0.2, 0) is 37.3 Å². The van der Waals surface area contributed by atoms with Gasteiger partial charge in [0.2, 0.25) is 0 Å². The second kappa shape index (κ2) is 13.7. The molecular weight excluding hydrogens is 639 g/mol. The van der Waals surface area contributed by atoms with Crippen molar-refractivity contribution in [2.75, 3.05) is 18.2 Å². The molecule has 1 aliphatic heterocycles. The third-order valence-electron chi connectivity index (χ3n) is 4.99. The first kappa shape index (κ1) is 33.1. The topological polar surface area (TPSA) is 256 Å². The molecule has 2 aromatic rings. The molecule has 22 heteroatoms. The van der Waals surface area contributed by atoms with Crippen LogP contribution in [0.3, 0.4) is 0 Å². The maximum absolute atomic E-state index is 12.8. The van der Waals surface area contributed by atoms with E-state index in [9.17, 15) is 33.3 Å². The van der Waals surface area contributed by atoms with E-state index in [0.29, 0.717) is 11.3 Å². The van der Waals surface area contributed by atoms with Crippen molar-refractivity contribution >= 4 is 56.8 Å².